The van der Waals surface area contributed by atoms with Gasteiger partial charge in [0.15, 0.2) is 6.79 Å². The molecule has 1 aromatic carbocycles. The van der Waals surface area contributed by atoms with Gasteiger partial charge in [0.1, 0.15) is 6.61 Å². The van der Waals surface area contributed by atoms with E-state index in [1.165, 1.54) is 7.11 Å². The number of ether oxygens (including phenoxy) is 2. The minimum Gasteiger partial charge on any atom is -0.443 e. The van der Waals surface area contributed by atoms with Crippen molar-refractivity contribution in [3.05, 3.63) is 35.9 Å². The van der Waals surface area contributed by atoms with Crippen molar-refractivity contribution in [3.8, 4) is 0 Å². The van der Waals surface area contributed by atoms with Crippen LogP contribution in [0.1, 0.15) is 5.56 Å². The molecule has 5 nitrogen and oxygen atoms in total. The van der Waals surface area contributed by atoms with E-state index in [4.69, 9.17) is 4.74 Å². The molecule has 0 saturated heterocycles. The third-order valence-electron chi connectivity index (χ3n) is 1.55. The molecule has 0 saturated carbocycles. The Kier molecular flexibility index (Phi) is 5.21. The zero-order chi connectivity index (χ0) is 10.9. The van der Waals surface area contributed by atoms with Gasteiger partial charge in [-0.05, 0) is 5.56 Å². The number of methoxy groups -OCH3 is 1. The van der Waals surface area contributed by atoms with Crippen molar-refractivity contribution in [2.75, 3.05) is 13.9 Å². The predicted molar refractivity (Wildman–Crippen MR) is 52.7 cm³/mol. The Morgan fingerprint density at radius 3 is 2.73 bits per heavy atom. The fraction of sp³-hybridized carbons (Fsp3) is 0.300. The van der Waals surface area contributed by atoms with Crippen molar-refractivity contribution in [1.82, 2.24) is 5.48 Å². The zero-order valence-corrected chi connectivity index (χ0v) is 8.43. The largest absolute Gasteiger partial charge is 0.443 e. The van der Waals surface area contributed by atoms with Crippen LogP contribution >= 0.6 is 0 Å². The number of benzene rings is 1. The Hall–Kier alpha value is -1.59. The Labute approximate surface area is 87.9 Å². The quantitative estimate of drug-likeness (QED) is 0.455. The standard InChI is InChI=1S/C10H13NO4/c1-13-8-15-11-10(12)14-7-9-5-3-2-4-6-9/h2-6H,7-8H2,1H3,(H,11,12). The molecular formula is C10H13NO4. The van der Waals surface area contributed by atoms with Crippen LogP contribution in [0.15, 0.2) is 30.3 Å². The molecule has 0 unspecified atom stereocenters. The first-order valence-electron chi connectivity index (χ1n) is 4.40. The molecule has 1 amide bonds. The van der Waals surface area contributed by atoms with Gasteiger partial charge in [-0.2, -0.15) is 5.48 Å². The van der Waals surface area contributed by atoms with Crippen LogP contribution in [0.4, 0.5) is 4.79 Å². The van der Waals surface area contributed by atoms with Gasteiger partial charge < -0.3 is 9.47 Å². The van der Waals surface area contributed by atoms with Crippen LogP contribution in [-0.2, 0) is 20.9 Å². The van der Waals surface area contributed by atoms with E-state index >= 15 is 0 Å². The third kappa shape index (κ3) is 4.99. The van der Waals surface area contributed by atoms with Crippen molar-refractivity contribution in [1.29, 1.82) is 0 Å². The molecule has 1 rings (SSSR count). The fourth-order valence-electron chi connectivity index (χ4n) is 0.900. The molecule has 0 aliphatic rings. The first kappa shape index (κ1) is 11.5. The summed E-state index contributed by atoms with van der Waals surface area (Å²) >= 11 is 0. The van der Waals surface area contributed by atoms with Gasteiger partial charge in [0.2, 0.25) is 0 Å². The normalized spacial score (nSPS) is 9.67. The molecule has 0 heterocycles. The molecular weight excluding hydrogens is 198 g/mol. The highest BCUT2D eigenvalue weighted by Crippen LogP contribution is 2.00. The van der Waals surface area contributed by atoms with Gasteiger partial charge >= 0.3 is 6.09 Å². The van der Waals surface area contributed by atoms with Crippen molar-refractivity contribution in [2.45, 2.75) is 6.61 Å². The number of nitrogens with one attached hydrogen (secondary N) is 1. The highest BCUT2D eigenvalue weighted by Gasteiger charge is 2.01. The average molecular weight is 211 g/mol. The van der Waals surface area contributed by atoms with Crippen LogP contribution in [0.3, 0.4) is 0 Å². The third-order valence-corrected chi connectivity index (χ3v) is 1.55. The minimum atomic E-state index is -0.643. The second kappa shape index (κ2) is 6.80. The van der Waals surface area contributed by atoms with E-state index in [0.29, 0.717) is 0 Å². The van der Waals surface area contributed by atoms with Gasteiger partial charge in [-0.15, -0.1) is 0 Å². The summed E-state index contributed by atoms with van der Waals surface area (Å²) in [5.74, 6) is 0. The molecule has 5 heteroatoms. The maximum atomic E-state index is 11.0. The summed E-state index contributed by atoms with van der Waals surface area (Å²) in [5.41, 5.74) is 2.98. The van der Waals surface area contributed by atoms with Crippen LogP contribution in [-0.4, -0.2) is 20.0 Å². The second-order valence-electron chi connectivity index (χ2n) is 2.71. The van der Waals surface area contributed by atoms with E-state index in [0.717, 1.165) is 5.56 Å². The van der Waals surface area contributed by atoms with E-state index in [9.17, 15) is 4.79 Å². The van der Waals surface area contributed by atoms with Gasteiger partial charge in [-0.1, -0.05) is 30.3 Å². The van der Waals surface area contributed by atoms with E-state index in [1.54, 1.807) is 0 Å². The van der Waals surface area contributed by atoms with Gasteiger partial charge in [0, 0.05) is 7.11 Å². The summed E-state index contributed by atoms with van der Waals surface area (Å²) < 4.78 is 9.41. The van der Waals surface area contributed by atoms with Crippen molar-refractivity contribution < 1.29 is 19.1 Å². The summed E-state index contributed by atoms with van der Waals surface area (Å²) in [5, 5.41) is 0. The summed E-state index contributed by atoms with van der Waals surface area (Å²) in [6.07, 6.45) is -0.643. The SMILES string of the molecule is COCONC(=O)OCc1ccccc1. The summed E-state index contributed by atoms with van der Waals surface area (Å²) in [6, 6.07) is 9.37. The molecule has 0 atom stereocenters. The molecule has 0 fully saturated rings. The van der Waals surface area contributed by atoms with Crippen LogP contribution < -0.4 is 5.48 Å². The molecule has 0 aliphatic heterocycles. The number of hydroxylamine groups is 1. The lowest BCUT2D eigenvalue weighted by atomic mass is 10.2. The van der Waals surface area contributed by atoms with Crippen molar-refractivity contribution in [2.24, 2.45) is 0 Å². The topological polar surface area (TPSA) is 56.8 Å². The molecule has 0 radical (unpaired) electrons. The van der Waals surface area contributed by atoms with E-state index in [2.05, 4.69) is 15.1 Å². The lowest BCUT2D eigenvalue weighted by Gasteiger charge is -2.06. The number of hydrogen-bond donors (Lipinski definition) is 1. The van der Waals surface area contributed by atoms with Gasteiger partial charge in [0.25, 0.3) is 0 Å². The summed E-state index contributed by atoms with van der Waals surface area (Å²) in [7, 11) is 1.46. The second-order valence-corrected chi connectivity index (χ2v) is 2.71. The van der Waals surface area contributed by atoms with Crippen LogP contribution in [0, 0.1) is 0 Å². The maximum Gasteiger partial charge on any atom is 0.431 e. The Bertz CT molecular complexity index is 289. The highest BCUT2D eigenvalue weighted by molar-refractivity contribution is 5.65. The predicted octanol–water partition coefficient (Wildman–Crippen LogP) is 1.45. The zero-order valence-electron chi connectivity index (χ0n) is 8.43. The molecule has 15 heavy (non-hydrogen) atoms. The minimum absolute atomic E-state index is 0.0135. The number of rotatable bonds is 5. The molecule has 1 aromatic rings. The number of hydrogen-bond acceptors (Lipinski definition) is 4. The monoisotopic (exact) mass is 211 g/mol. The lowest BCUT2D eigenvalue weighted by Crippen LogP contribution is -2.25. The van der Waals surface area contributed by atoms with E-state index in [1.807, 2.05) is 30.3 Å². The molecule has 82 valence electrons. The summed E-state index contributed by atoms with van der Waals surface area (Å²) in [6.45, 7) is 0.198. The first-order valence-corrected chi connectivity index (χ1v) is 4.40. The smallest absolute Gasteiger partial charge is 0.431 e. The molecule has 0 aliphatic carbocycles. The van der Waals surface area contributed by atoms with E-state index in [-0.39, 0.29) is 13.4 Å². The van der Waals surface area contributed by atoms with Crippen LogP contribution in [0.25, 0.3) is 0 Å². The van der Waals surface area contributed by atoms with Gasteiger partial charge in [-0.3, -0.25) is 0 Å². The average Bonchev–Trinajstić information content (AvgIpc) is 2.28. The Morgan fingerprint density at radius 2 is 2.07 bits per heavy atom. The van der Waals surface area contributed by atoms with E-state index < -0.39 is 6.09 Å². The number of amides is 1. The first-order chi connectivity index (χ1) is 7.33. The number of carbonyl (C=O) groups is 1. The van der Waals surface area contributed by atoms with Gasteiger partial charge in [-0.25, -0.2) is 9.63 Å². The van der Waals surface area contributed by atoms with Crippen LogP contribution in [0.5, 0.6) is 0 Å². The number of carbonyl (C=O) groups excluding carboxylic acids is 1. The lowest BCUT2D eigenvalue weighted by molar-refractivity contribution is -0.0767. The maximum absolute atomic E-state index is 11.0. The van der Waals surface area contributed by atoms with Gasteiger partial charge in [0.05, 0.1) is 0 Å². The molecule has 0 bridgehead atoms. The van der Waals surface area contributed by atoms with Crippen molar-refractivity contribution in [3.63, 3.8) is 0 Å². The van der Waals surface area contributed by atoms with Crippen molar-refractivity contribution >= 4 is 6.09 Å². The highest BCUT2D eigenvalue weighted by atomic mass is 16.8. The summed E-state index contributed by atoms with van der Waals surface area (Å²) in [4.78, 5) is 15.6. The van der Waals surface area contributed by atoms with Crippen LogP contribution in [0.2, 0.25) is 0 Å². The Morgan fingerprint density at radius 1 is 1.33 bits per heavy atom. The Balaban J connectivity index is 2.17. The molecule has 1 N–H and O–H groups in total. The fourth-order valence-corrected chi connectivity index (χ4v) is 0.900. The molecule has 0 aromatic heterocycles. The molecule has 0 spiro atoms.